The van der Waals surface area contributed by atoms with Crippen molar-refractivity contribution in [3.05, 3.63) is 23.8 Å². The number of nitrogens with two attached hydrogens (primary N) is 1. The number of carbonyl (C=O) groups is 2. The molecule has 1 aromatic carbocycles. The molecule has 0 bridgehead atoms. The number of primary sulfonamides is 1. The monoisotopic (exact) mass is 327 g/mol. The molecule has 1 aliphatic rings. The van der Waals surface area contributed by atoms with Crippen molar-refractivity contribution < 1.29 is 27.5 Å². The number of hydrogen-bond donors (Lipinski definition) is 1. The van der Waals surface area contributed by atoms with E-state index >= 15 is 0 Å². The number of carbonyl (C=O) groups excluding carboxylic acids is 2. The molecule has 0 heterocycles. The summed E-state index contributed by atoms with van der Waals surface area (Å²) in [5, 5.41) is 5.05. The van der Waals surface area contributed by atoms with Gasteiger partial charge in [0.2, 0.25) is 10.0 Å². The summed E-state index contributed by atoms with van der Waals surface area (Å²) < 4.78 is 33.0. The second-order valence-electron chi connectivity index (χ2n) is 5.01. The summed E-state index contributed by atoms with van der Waals surface area (Å²) in [4.78, 5) is 23.7. The lowest BCUT2D eigenvalue weighted by Gasteiger charge is -2.21. The van der Waals surface area contributed by atoms with E-state index in [-0.39, 0.29) is 22.0 Å². The number of ketones is 1. The fourth-order valence-corrected chi connectivity index (χ4v) is 2.83. The highest BCUT2D eigenvalue weighted by Crippen LogP contribution is 2.25. The molecule has 0 aromatic heterocycles. The largest absolute Gasteiger partial charge is 0.496 e. The fraction of sp³-hybridized carbons (Fsp3) is 0.429. The predicted molar refractivity (Wildman–Crippen MR) is 77.0 cm³/mol. The molecular formula is C14H17NO6S. The number of esters is 1. The standard InChI is InChI=1S/C14H17NO6S/c1-20-12-7-6-9(22(15,18)19)8-10(12)14(17)21-13-5-3-2-4-11(13)16/h6-8,13H,2-5H2,1H3,(H2,15,18,19)/t13-/m0/s1. The zero-order chi connectivity index (χ0) is 16.3. The Morgan fingerprint density at radius 2 is 2.05 bits per heavy atom. The number of rotatable bonds is 4. The Morgan fingerprint density at radius 3 is 2.64 bits per heavy atom. The van der Waals surface area contributed by atoms with Gasteiger partial charge in [0.25, 0.3) is 0 Å². The second-order valence-corrected chi connectivity index (χ2v) is 6.57. The molecule has 1 atom stereocenters. The first kappa shape index (κ1) is 16.4. The Kier molecular flexibility index (Phi) is 4.82. The van der Waals surface area contributed by atoms with Gasteiger partial charge in [0.05, 0.1) is 12.0 Å². The van der Waals surface area contributed by atoms with Crippen molar-refractivity contribution in [3.8, 4) is 5.75 Å². The first-order valence-electron chi connectivity index (χ1n) is 6.77. The number of Topliss-reactive ketones (excluding diaryl/α,β-unsaturated/α-hetero) is 1. The fourth-order valence-electron chi connectivity index (χ4n) is 2.29. The Hall–Kier alpha value is -1.93. The summed E-state index contributed by atoms with van der Waals surface area (Å²) >= 11 is 0. The summed E-state index contributed by atoms with van der Waals surface area (Å²) in [6.45, 7) is 0. The van der Waals surface area contributed by atoms with Gasteiger partial charge in [-0.15, -0.1) is 0 Å². The lowest BCUT2D eigenvalue weighted by molar-refractivity contribution is -0.129. The molecule has 2 rings (SSSR count). The number of hydrogen-bond acceptors (Lipinski definition) is 6. The summed E-state index contributed by atoms with van der Waals surface area (Å²) in [5.41, 5.74) is -0.0765. The highest BCUT2D eigenvalue weighted by atomic mass is 32.2. The van der Waals surface area contributed by atoms with Crippen molar-refractivity contribution in [2.24, 2.45) is 5.14 Å². The Bertz CT molecular complexity index is 697. The summed E-state index contributed by atoms with van der Waals surface area (Å²) in [6.07, 6.45) is 1.66. The zero-order valence-corrected chi connectivity index (χ0v) is 12.9. The van der Waals surface area contributed by atoms with Crippen LogP contribution in [-0.4, -0.2) is 33.4 Å². The minimum absolute atomic E-state index is 0.0765. The molecule has 1 saturated carbocycles. The van der Waals surface area contributed by atoms with Crippen LogP contribution >= 0.6 is 0 Å². The molecule has 1 fully saturated rings. The number of benzene rings is 1. The second kappa shape index (κ2) is 6.45. The van der Waals surface area contributed by atoms with E-state index in [2.05, 4.69) is 0 Å². The molecule has 0 spiro atoms. The van der Waals surface area contributed by atoms with E-state index in [0.717, 1.165) is 18.9 Å². The van der Waals surface area contributed by atoms with Crippen molar-refractivity contribution in [2.45, 2.75) is 36.7 Å². The molecule has 1 aromatic rings. The minimum Gasteiger partial charge on any atom is -0.496 e. The molecule has 22 heavy (non-hydrogen) atoms. The van der Waals surface area contributed by atoms with Crippen LogP contribution < -0.4 is 9.88 Å². The molecule has 120 valence electrons. The Labute approximate surface area is 128 Å². The summed E-state index contributed by atoms with van der Waals surface area (Å²) in [7, 11) is -2.62. The van der Waals surface area contributed by atoms with E-state index in [1.54, 1.807) is 0 Å². The summed E-state index contributed by atoms with van der Waals surface area (Å²) in [6, 6.07) is 3.64. The van der Waals surface area contributed by atoms with Crippen molar-refractivity contribution in [2.75, 3.05) is 7.11 Å². The normalized spacial score (nSPS) is 18.8. The van der Waals surface area contributed by atoms with E-state index in [1.165, 1.54) is 19.2 Å². The van der Waals surface area contributed by atoms with Gasteiger partial charge in [0.15, 0.2) is 11.9 Å². The average molecular weight is 327 g/mol. The maximum absolute atomic E-state index is 12.2. The van der Waals surface area contributed by atoms with Crippen LogP contribution in [0.5, 0.6) is 5.75 Å². The predicted octanol–water partition coefficient (Wildman–Crippen LogP) is 1.01. The van der Waals surface area contributed by atoms with Crippen LogP contribution in [0.3, 0.4) is 0 Å². The van der Waals surface area contributed by atoms with E-state index in [4.69, 9.17) is 14.6 Å². The van der Waals surface area contributed by atoms with Gasteiger partial charge >= 0.3 is 5.97 Å². The first-order valence-corrected chi connectivity index (χ1v) is 8.32. The van der Waals surface area contributed by atoms with Gasteiger partial charge in [-0.3, -0.25) is 4.79 Å². The van der Waals surface area contributed by atoms with Crippen molar-refractivity contribution >= 4 is 21.8 Å². The Balaban J connectivity index is 2.29. The number of methoxy groups -OCH3 is 1. The molecule has 0 unspecified atom stereocenters. The third-order valence-electron chi connectivity index (χ3n) is 3.47. The van der Waals surface area contributed by atoms with E-state index in [9.17, 15) is 18.0 Å². The lowest BCUT2D eigenvalue weighted by atomic mass is 9.96. The Morgan fingerprint density at radius 1 is 1.32 bits per heavy atom. The molecule has 0 radical (unpaired) electrons. The van der Waals surface area contributed by atoms with Crippen LogP contribution in [-0.2, 0) is 19.6 Å². The van der Waals surface area contributed by atoms with Gasteiger partial charge in [-0.2, -0.15) is 0 Å². The molecule has 1 aliphatic carbocycles. The van der Waals surface area contributed by atoms with Gasteiger partial charge in [-0.25, -0.2) is 18.4 Å². The van der Waals surface area contributed by atoms with Gasteiger partial charge < -0.3 is 9.47 Å². The molecule has 0 saturated heterocycles. The maximum Gasteiger partial charge on any atom is 0.342 e. The van der Waals surface area contributed by atoms with E-state index in [0.29, 0.717) is 12.8 Å². The summed E-state index contributed by atoms with van der Waals surface area (Å²) in [5.74, 6) is -0.774. The average Bonchev–Trinajstić information content (AvgIpc) is 2.48. The van der Waals surface area contributed by atoms with E-state index < -0.39 is 22.1 Å². The van der Waals surface area contributed by atoms with Crippen LogP contribution in [0.15, 0.2) is 23.1 Å². The number of sulfonamides is 1. The minimum atomic E-state index is -3.96. The van der Waals surface area contributed by atoms with Crippen LogP contribution in [0.25, 0.3) is 0 Å². The van der Waals surface area contributed by atoms with Gasteiger partial charge in [0.1, 0.15) is 11.3 Å². The highest BCUT2D eigenvalue weighted by molar-refractivity contribution is 7.89. The highest BCUT2D eigenvalue weighted by Gasteiger charge is 2.28. The van der Waals surface area contributed by atoms with E-state index in [1.807, 2.05) is 0 Å². The van der Waals surface area contributed by atoms with Gasteiger partial charge in [-0.1, -0.05) is 0 Å². The molecular weight excluding hydrogens is 310 g/mol. The molecule has 2 N–H and O–H groups in total. The quantitative estimate of drug-likeness (QED) is 0.826. The zero-order valence-electron chi connectivity index (χ0n) is 12.1. The SMILES string of the molecule is COc1ccc(S(N)(=O)=O)cc1C(=O)O[C@H]1CCCCC1=O. The van der Waals surface area contributed by atoms with Gasteiger partial charge in [0, 0.05) is 6.42 Å². The van der Waals surface area contributed by atoms with Crippen LogP contribution in [0, 0.1) is 0 Å². The smallest absolute Gasteiger partial charge is 0.342 e. The molecule has 8 heteroatoms. The maximum atomic E-state index is 12.2. The molecule has 0 amide bonds. The van der Waals surface area contributed by atoms with Crippen LogP contribution in [0.1, 0.15) is 36.0 Å². The van der Waals surface area contributed by atoms with Crippen LogP contribution in [0.4, 0.5) is 0 Å². The van der Waals surface area contributed by atoms with Gasteiger partial charge in [-0.05, 0) is 37.5 Å². The molecule has 0 aliphatic heterocycles. The number of ether oxygens (including phenoxy) is 2. The van der Waals surface area contributed by atoms with Crippen molar-refractivity contribution in [3.63, 3.8) is 0 Å². The van der Waals surface area contributed by atoms with Crippen LogP contribution in [0.2, 0.25) is 0 Å². The van der Waals surface area contributed by atoms with Crippen molar-refractivity contribution in [1.82, 2.24) is 0 Å². The topological polar surface area (TPSA) is 113 Å². The third-order valence-corrected chi connectivity index (χ3v) is 4.38. The first-order chi connectivity index (χ1) is 10.3. The van der Waals surface area contributed by atoms with Crippen molar-refractivity contribution in [1.29, 1.82) is 0 Å². The third kappa shape index (κ3) is 3.63. The lowest BCUT2D eigenvalue weighted by Crippen LogP contribution is -2.30. The molecule has 7 nitrogen and oxygen atoms in total.